The zero-order valence-corrected chi connectivity index (χ0v) is 12.8. The molecule has 1 aliphatic rings. The summed E-state index contributed by atoms with van der Waals surface area (Å²) in [6, 6.07) is 4.59. The van der Waals surface area contributed by atoms with E-state index in [0.717, 1.165) is 31.2 Å². The van der Waals surface area contributed by atoms with Gasteiger partial charge < -0.3 is 5.32 Å². The molecule has 4 nitrogen and oxygen atoms in total. The lowest BCUT2D eigenvalue weighted by Crippen LogP contribution is -2.45. The maximum atomic E-state index is 4.54. The maximum absolute atomic E-state index is 4.54. The minimum atomic E-state index is 0.402. The fourth-order valence-corrected chi connectivity index (χ4v) is 3.70. The Labute approximate surface area is 123 Å². The fourth-order valence-electron chi connectivity index (χ4n) is 2.74. The van der Waals surface area contributed by atoms with Crippen LogP contribution >= 0.6 is 11.3 Å². The zero-order valence-electron chi connectivity index (χ0n) is 12.0. The summed E-state index contributed by atoms with van der Waals surface area (Å²) in [4.78, 5) is 12.7. The van der Waals surface area contributed by atoms with Crippen LogP contribution in [0.5, 0.6) is 0 Å². The highest BCUT2D eigenvalue weighted by Gasteiger charge is 2.25. The lowest BCUT2D eigenvalue weighted by atomic mass is 10.1. The third-order valence-corrected chi connectivity index (χ3v) is 4.83. The van der Waals surface area contributed by atoms with Crippen LogP contribution in [0.25, 0.3) is 0 Å². The summed E-state index contributed by atoms with van der Waals surface area (Å²) in [5, 5.41) is 4.65. The van der Waals surface area contributed by atoms with Gasteiger partial charge in [0.25, 0.3) is 0 Å². The van der Waals surface area contributed by atoms with E-state index in [0.29, 0.717) is 6.04 Å². The third-order valence-electron chi connectivity index (χ3n) is 3.77. The Hall–Kier alpha value is -1.30. The molecule has 0 bridgehead atoms. The van der Waals surface area contributed by atoms with E-state index < -0.39 is 0 Å². The summed E-state index contributed by atoms with van der Waals surface area (Å²) in [5.41, 5.74) is 2.47. The third kappa shape index (κ3) is 2.90. The summed E-state index contributed by atoms with van der Waals surface area (Å²) >= 11 is 1.82. The van der Waals surface area contributed by atoms with Crippen molar-refractivity contribution in [2.75, 3.05) is 19.6 Å². The van der Waals surface area contributed by atoms with Gasteiger partial charge in [0.1, 0.15) is 0 Å². The molecule has 0 saturated carbocycles. The standard InChI is InChI=1S/C15H20N4S/c1-11-15(20-12(2)18-11)10-19-7-6-17-9-14(19)13-4-3-5-16-8-13/h3-5,8,14,17H,6-7,9-10H2,1-2H3. The highest BCUT2D eigenvalue weighted by atomic mass is 32.1. The molecule has 1 atom stereocenters. The molecule has 20 heavy (non-hydrogen) atoms. The van der Waals surface area contributed by atoms with E-state index in [2.05, 4.69) is 40.1 Å². The Morgan fingerprint density at radius 1 is 1.45 bits per heavy atom. The van der Waals surface area contributed by atoms with Gasteiger partial charge in [0.05, 0.1) is 10.7 Å². The number of hydrogen-bond acceptors (Lipinski definition) is 5. The Kier molecular flexibility index (Phi) is 4.10. The van der Waals surface area contributed by atoms with Gasteiger partial charge in [-0.25, -0.2) is 4.98 Å². The smallest absolute Gasteiger partial charge is 0.0900 e. The highest BCUT2D eigenvalue weighted by Crippen LogP contribution is 2.26. The van der Waals surface area contributed by atoms with Crippen molar-refractivity contribution in [2.45, 2.75) is 26.4 Å². The SMILES string of the molecule is Cc1nc(C)c(CN2CCNCC2c2cccnc2)s1. The van der Waals surface area contributed by atoms with E-state index >= 15 is 0 Å². The number of pyridine rings is 1. The molecule has 0 radical (unpaired) electrons. The molecule has 3 rings (SSSR count). The first-order chi connectivity index (χ1) is 9.74. The van der Waals surface area contributed by atoms with E-state index in [4.69, 9.17) is 0 Å². The molecular weight excluding hydrogens is 268 g/mol. The van der Waals surface area contributed by atoms with Crippen LogP contribution in [-0.4, -0.2) is 34.5 Å². The van der Waals surface area contributed by atoms with Gasteiger partial charge in [-0.05, 0) is 25.5 Å². The number of piperazine rings is 1. The molecule has 1 unspecified atom stereocenters. The van der Waals surface area contributed by atoms with Crippen molar-refractivity contribution in [3.8, 4) is 0 Å². The van der Waals surface area contributed by atoms with Crippen LogP contribution in [0, 0.1) is 13.8 Å². The number of aromatic nitrogens is 2. The highest BCUT2D eigenvalue weighted by molar-refractivity contribution is 7.11. The van der Waals surface area contributed by atoms with Crippen molar-refractivity contribution in [2.24, 2.45) is 0 Å². The molecular formula is C15H20N4S. The largest absolute Gasteiger partial charge is 0.314 e. The van der Waals surface area contributed by atoms with Gasteiger partial charge in [-0.2, -0.15) is 0 Å². The predicted octanol–water partition coefficient (Wildman–Crippen LogP) is 2.30. The van der Waals surface area contributed by atoms with Crippen LogP contribution in [0.4, 0.5) is 0 Å². The number of nitrogens with one attached hydrogen (secondary N) is 1. The van der Waals surface area contributed by atoms with Gasteiger partial charge in [0.2, 0.25) is 0 Å². The van der Waals surface area contributed by atoms with Crippen molar-refractivity contribution in [1.29, 1.82) is 0 Å². The first kappa shape index (κ1) is 13.7. The summed E-state index contributed by atoms with van der Waals surface area (Å²) in [7, 11) is 0. The lowest BCUT2D eigenvalue weighted by molar-refractivity contribution is 0.154. The molecule has 3 heterocycles. The Morgan fingerprint density at radius 2 is 2.35 bits per heavy atom. The first-order valence-electron chi connectivity index (χ1n) is 7.01. The van der Waals surface area contributed by atoms with Crippen molar-refractivity contribution in [3.05, 3.63) is 45.7 Å². The van der Waals surface area contributed by atoms with Crippen LogP contribution in [0.3, 0.4) is 0 Å². The van der Waals surface area contributed by atoms with Gasteiger partial charge in [-0.15, -0.1) is 11.3 Å². The van der Waals surface area contributed by atoms with Crippen LogP contribution in [0.1, 0.15) is 27.2 Å². The first-order valence-corrected chi connectivity index (χ1v) is 7.83. The molecule has 106 valence electrons. The molecule has 2 aromatic rings. The molecule has 1 N–H and O–H groups in total. The molecule has 2 aromatic heterocycles. The summed E-state index contributed by atoms with van der Waals surface area (Å²) in [6.07, 6.45) is 3.82. The second-order valence-electron chi connectivity index (χ2n) is 5.22. The lowest BCUT2D eigenvalue weighted by Gasteiger charge is -2.36. The second kappa shape index (κ2) is 5.99. The van der Waals surface area contributed by atoms with Crippen LogP contribution in [0.15, 0.2) is 24.5 Å². The Morgan fingerprint density at radius 3 is 3.05 bits per heavy atom. The molecule has 0 spiro atoms. The zero-order chi connectivity index (χ0) is 13.9. The van der Waals surface area contributed by atoms with Crippen molar-refractivity contribution < 1.29 is 0 Å². The number of aryl methyl sites for hydroxylation is 2. The second-order valence-corrected chi connectivity index (χ2v) is 6.51. The molecule has 1 saturated heterocycles. The van der Waals surface area contributed by atoms with E-state index in [1.54, 1.807) is 0 Å². The number of rotatable bonds is 3. The van der Waals surface area contributed by atoms with Crippen LogP contribution in [0.2, 0.25) is 0 Å². The van der Waals surface area contributed by atoms with Gasteiger partial charge in [-0.1, -0.05) is 6.07 Å². The predicted molar refractivity (Wildman–Crippen MR) is 81.8 cm³/mol. The molecule has 1 fully saturated rings. The minimum Gasteiger partial charge on any atom is -0.314 e. The van der Waals surface area contributed by atoms with Crippen molar-refractivity contribution >= 4 is 11.3 Å². The summed E-state index contributed by atoms with van der Waals surface area (Å²) < 4.78 is 0. The summed E-state index contributed by atoms with van der Waals surface area (Å²) in [6.45, 7) is 8.28. The topological polar surface area (TPSA) is 41.1 Å². The number of nitrogens with zero attached hydrogens (tertiary/aromatic N) is 3. The summed E-state index contributed by atoms with van der Waals surface area (Å²) in [5.74, 6) is 0. The molecule has 0 aliphatic carbocycles. The van der Waals surface area contributed by atoms with Crippen LogP contribution in [-0.2, 0) is 6.54 Å². The average Bonchev–Trinajstić information content (AvgIpc) is 2.78. The average molecular weight is 288 g/mol. The Balaban J connectivity index is 1.81. The van der Waals surface area contributed by atoms with Gasteiger partial charge in [-0.3, -0.25) is 9.88 Å². The van der Waals surface area contributed by atoms with Gasteiger partial charge >= 0.3 is 0 Å². The van der Waals surface area contributed by atoms with Crippen molar-refractivity contribution in [3.63, 3.8) is 0 Å². The number of thiazole rings is 1. The van der Waals surface area contributed by atoms with E-state index in [1.807, 2.05) is 29.8 Å². The molecule has 1 aliphatic heterocycles. The fraction of sp³-hybridized carbons (Fsp3) is 0.467. The molecule has 5 heteroatoms. The van der Waals surface area contributed by atoms with Crippen LogP contribution < -0.4 is 5.32 Å². The molecule has 0 amide bonds. The van der Waals surface area contributed by atoms with Gasteiger partial charge in [0.15, 0.2) is 0 Å². The Bertz CT molecular complexity index is 567. The monoisotopic (exact) mass is 288 g/mol. The minimum absolute atomic E-state index is 0.402. The van der Waals surface area contributed by atoms with E-state index in [9.17, 15) is 0 Å². The van der Waals surface area contributed by atoms with E-state index in [1.165, 1.54) is 16.1 Å². The maximum Gasteiger partial charge on any atom is 0.0900 e. The van der Waals surface area contributed by atoms with Gasteiger partial charge in [0, 0.05) is 49.5 Å². The molecule has 0 aromatic carbocycles. The quantitative estimate of drug-likeness (QED) is 0.941. The van der Waals surface area contributed by atoms with Crippen molar-refractivity contribution in [1.82, 2.24) is 20.2 Å². The number of hydrogen-bond donors (Lipinski definition) is 1. The van der Waals surface area contributed by atoms with E-state index in [-0.39, 0.29) is 0 Å². The normalized spacial score (nSPS) is 20.2.